The summed E-state index contributed by atoms with van der Waals surface area (Å²) in [6.45, 7) is 2.67. The number of hydrogen-bond donors (Lipinski definition) is 1. The van der Waals surface area contributed by atoms with E-state index in [1.165, 1.54) is 20.7 Å². The maximum absolute atomic E-state index is 14.0. The fraction of sp³-hybridized carbons (Fsp3) is 0.294. The van der Waals surface area contributed by atoms with Crippen LogP contribution in [0.2, 0.25) is 0 Å². The summed E-state index contributed by atoms with van der Waals surface area (Å²) in [5, 5.41) is 3.02. The Balaban J connectivity index is 2.12. The Hall–Kier alpha value is -2.12. The van der Waals surface area contributed by atoms with Crippen molar-refractivity contribution in [3.8, 4) is 0 Å². The molecule has 0 radical (unpaired) electrons. The van der Waals surface area contributed by atoms with Gasteiger partial charge in [-0.25, -0.2) is 8.70 Å². The lowest BCUT2D eigenvalue weighted by Gasteiger charge is -2.23. The van der Waals surface area contributed by atoms with E-state index < -0.39 is 16.0 Å². The molecule has 0 spiro atoms. The summed E-state index contributed by atoms with van der Waals surface area (Å²) in [5.41, 5.74) is 1.83. The Morgan fingerprint density at radius 3 is 2.42 bits per heavy atom. The van der Waals surface area contributed by atoms with E-state index in [0.29, 0.717) is 42.1 Å². The molecular formula is C17H20FN3O2S. The molecule has 0 aliphatic carbocycles. The summed E-state index contributed by atoms with van der Waals surface area (Å²) >= 11 is 0. The smallest absolute Gasteiger partial charge is 0.320 e. The largest absolute Gasteiger partial charge is 0.330 e. The van der Waals surface area contributed by atoms with Gasteiger partial charge in [0.15, 0.2) is 0 Å². The van der Waals surface area contributed by atoms with Crippen molar-refractivity contribution in [1.29, 1.82) is 0 Å². The molecule has 0 amide bonds. The van der Waals surface area contributed by atoms with Crippen molar-refractivity contribution >= 4 is 27.3 Å². The Morgan fingerprint density at radius 2 is 1.71 bits per heavy atom. The van der Waals surface area contributed by atoms with Gasteiger partial charge in [0, 0.05) is 12.1 Å². The molecule has 7 heteroatoms. The first-order chi connectivity index (χ1) is 11.5. The van der Waals surface area contributed by atoms with Crippen molar-refractivity contribution in [1.82, 2.24) is 5.32 Å². The van der Waals surface area contributed by atoms with Gasteiger partial charge in [0.1, 0.15) is 5.82 Å². The third-order valence-corrected chi connectivity index (χ3v) is 5.92. The van der Waals surface area contributed by atoms with E-state index in [2.05, 4.69) is 5.32 Å². The number of rotatable bonds is 5. The molecule has 0 atom stereocenters. The minimum absolute atomic E-state index is 0.313. The first kappa shape index (κ1) is 16.7. The summed E-state index contributed by atoms with van der Waals surface area (Å²) in [4.78, 5) is 0. The zero-order valence-electron chi connectivity index (χ0n) is 13.7. The van der Waals surface area contributed by atoms with Crippen LogP contribution < -0.4 is 13.9 Å². The maximum atomic E-state index is 14.0. The highest BCUT2D eigenvalue weighted by Crippen LogP contribution is 2.46. The molecule has 5 nitrogen and oxygen atoms in total. The van der Waals surface area contributed by atoms with E-state index in [1.54, 1.807) is 37.3 Å². The predicted molar refractivity (Wildman–Crippen MR) is 94.5 cm³/mol. The summed E-state index contributed by atoms with van der Waals surface area (Å²) in [5.74, 6) is -0.422. The lowest BCUT2D eigenvalue weighted by atomic mass is 10.1. The van der Waals surface area contributed by atoms with Crippen LogP contribution in [0.25, 0.3) is 0 Å². The van der Waals surface area contributed by atoms with Gasteiger partial charge in [-0.3, -0.25) is 4.31 Å². The summed E-state index contributed by atoms with van der Waals surface area (Å²) in [6.07, 6.45) is 0.681. The lowest BCUT2D eigenvalue weighted by Crippen LogP contribution is -2.37. The molecule has 0 bridgehead atoms. The topological polar surface area (TPSA) is 52.6 Å². The maximum Gasteiger partial charge on any atom is 0.330 e. The molecule has 1 aliphatic heterocycles. The molecule has 3 rings (SSSR count). The van der Waals surface area contributed by atoms with Crippen LogP contribution in [0, 0.1) is 12.7 Å². The number of nitrogens with one attached hydrogen (secondary N) is 1. The molecule has 0 aromatic heterocycles. The quantitative estimate of drug-likeness (QED) is 0.845. The second-order valence-electron chi connectivity index (χ2n) is 5.67. The molecule has 0 unspecified atom stereocenters. The average molecular weight is 349 g/mol. The lowest BCUT2D eigenvalue weighted by molar-refractivity contribution is 0.590. The van der Waals surface area contributed by atoms with E-state index in [1.807, 2.05) is 7.05 Å². The van der Waals surface area contributed by atoms with Crippen LogP contribution in [0.4, 0.5) is 21.5 Å². The monoisotopic (exact) mass is 349 g/mol. The highest BCUT2D eigenvalue weighted by atomic mass is 32.2. The van der Waals surface area contributed by atoms with Gasteiger partial charge in [0.25, 0.3) is 0 Å². The molecule has 2 aromatic carbocycles. The van der Waals surface area contributed by atoms with Crippen LogP contribution in [0.15, 0.2) is 42.5 Å². The molecule has 1 heterocycles. The van der Waals surface area contributed by atoms with Crippen molar-refractivity contribution in [3.05, 3.63) is 53.8 Å². The Labute approximate surface area is 141 Å². The fourth-order valence-electron chi connectivity index (χ4n) is 2.90. The standard InChI is InChI=1S/C17H20FN3O2S/c1-13-14(18)7-5-10-15(13)21-17-9-4-3-8-16(17)20(24(21,22)23)12-6-11-19-2/h3-5,7-10,19H,6,11-12H2,1-2H3. The molecule has 0 saturated carbocycles. The zero-order chi connectivity index (χ0) is 17.3. The minimum Gasteiger partial charge on any atom is -0.320 e. The third kappa shape index (κ3) is 2.63. The molecule has 1 aliphatic rings. The van der Waals surface area contributed by atoms with Crippen molar-refractivity contribution in [2.45, 2.75) is 13.3 Å². The molecule has 128 valence electrons. The number of para-hydroxylation sites is 2. The van der Waals surface area contributed by atoms with Gasteiger partial charge in [0.2, 0.25) is 0 Å². The Kier molecular flexibility index (Phi) is 4.47. The van der Waals surface area contributed by atoms with Gasteiger partial charge in [-0.15, -0.1) is 0 Å². The summed E-state index contributed by atoms with van der Waals surface area (Å²) in [7, 11) is -1.96. The van der Waals surface area contributed by atoms with E-state index in [-0.39, 0.29) is 0 Å². The first-order valence-electron chi connectivity index (χ1n) is 7.80. The third-order valence-electron chi connectivity index (χ3n) is 4.12. The number of nitrogens with zero attached hydrogens (tertiary/aromatic N) is 2. The van der Waals surface area contributed by atoms with Crippen LogP contribution in [0.1, 0.15) is 12.0 Å². The molecule has 0 fully saturated rings. The first-order valence-corrected chi connectivity index (χ1v) is 9.20. The fourth-order valence-corrected chi connectivity index (χ4v) is 4.71. The van der Waals surface area contributed by atoms with Crippen molar-refractivity contribution in [3.63, 3.8) is 0 Å². The van der Waals surface area contributed by atoms with E-state index in [4.69, 9.17) is 0 Å². The Bertz CT molecular complexity index is 855. The molecule has 24 heavy (non-hydrogen) atoms. The average Bonchev–Trinajstić information content (AvgIpc) is 2.78. The van der Waals surface area contributed by atoms with Crippen LogP contribution >= 0.6 is 0 Å². The molecule has 0 saturated heterocycles. The normalized spacial score (nSPS) is 15.6. The number of benzene rings is 2. The van der Waals surface area contributed by atoms with Crippen LogP contribution in [0.3, 0.4) is 0 Å². The SMILES string of the molecule is CNCCCN1c2ccccc2N(c2cccc(F)c2C)S1(=O)=O. The molecule has 2 aromatic rings. The van der Waals surface area contributed by atoms with Crippen molar-refractivity contribution in [2.24, 2.45) is 0 Å². The van der Waals surface area contributed by atoms with Gasteiger partial charge >= 0.3 is 10.2 Å². The molecular weight excluding hydrogens is 329 g/mol. The predicted octanol–water partition coefficient (Wildman–Crippen LogP) is 2.95. The van der Waals surface area contributed by atoms with Gasteiger partial charge < -0.3 is 5.32 Å². The minimum atomic E-state index is -3.79. The highest BCUT2D eigenvalue weighted by Gasteiger charge is 2.41. The van der Waals surface area contributed by atoms with Crippen LogP contribution in [-0.2, 0) is 10.2 Å². The van der Waals surface area contributed by atoms with E-state index in [0.717, 1.165) is 0 Å². The second kappa shape index (κ2) is 6.41. The van der Waals surface area contributed by atoms with Gasteiger partial charge in [-0.05, 0) is 51.2 Å². The molecule has 1 N–H and O–H groups in total. The summed E-state index contributed by atoms with van der Waals surface area (Å²) < 4.78 is 42.8. The zero-order valence-corrected chi connectivity index (χ0v) is 14.5. The second-order valence-corrected chi connectivity index (χ2v) is 7.38. The van der Waals surface area contributed by atoms with Crippen LogP contribution in [-0.4, -0.2) is 28.6 Å². The van der Waals surface area contributed by atoms with Gasteiger partial charge in [-0.2, -0.15) is 8.42 Å². The van der Waals surface area contributed by atoms with E-state index >= 15 is 0 Å². The Morgan fingerprint density at radius 1 is 1.04 bits per heavy atom. The van der Waals surface area contributed by atoms with Crippen LogP contribution in [0.5, 0.6) is 0 Å². The number of halogens is 1. The highest BCUT2D eigenvalue weighted by molar-refractivity contribution is 7.95. The summed E-state index contributed by atoms with van der Waals surface area (Å²) in [6, 6.07) is 11.6. The number of fused-ring (bicyclic) bond motifs is 1. The number of anilines is 3. The number of hydrogen-bond acceptors (Lipinski definition) is 3. The van der Waals surface area contributed by atoms with Gasteiger partial charge in [-0.1, -0.05) is 18.2 Å². The van der Waals surface area contributed by atoms with Crippen molar-refractivity contribution in [2.75, 3.05) is 28.7 Å². The van der Waals surface area contributed by atoms with Gasteiger partial charge in [0.05, 0.1) is 17.1 Å². The van der Waals surface area contributed by atoms with Crippen molar-refractivity contribution < 1.29 is 12.8 Å². The van der Waals surface area contributed by atoms with E-state index in [9.17, 15) is 12.8 Å².